The summed E-state index contributed by atoms with van der Waals surface area (Å²) >= 11 is 12.5. The molecule has 1 fully saturated rings. The molecule has 3 N–H and O–H groups in total. The summed E-state index contributed by atoms with van der Waals surface area (Å²) in [5.74, 6) is 0.349. The molecule has 1 saturated heterocycles. The van der Waals surface area contributed by atoms with E-state index in [0.29, 0.717) is 28.5 Å². The molecule has 2 aromatic heterocycles. The van der Waals surface area contributed by atoms with Crippen LogP contribution >= 0.6 is 23.2 Å². The predicted octanol–water partition coefficient (Wildman–Crippen LogP) is 3.19. The monoisotopic (exact) mass is 461 g/mol. The molecule has 29 heavy (non-hydrogen) atoms. The second kappa shape index (κ2) is 8.64. The lowest BCUT2D eigenvalue weighted by molar-refractivity contribution is 0.0899. The Morgan fingerprint density at radius 3 is 2.69 bits per heavy atom. The lowest BCUT2D eigenvalue weighted by Crippen LogP contribution is -2.33. The fraction of sp³-hybridized carbons (Fsp3) is 0.588. The van der Waals surface area contributed by atoms with E-state index in [0.717, 1.165) is 10.9 Å². The van der Waals surface area contributed by atoms with Crippen LogP contribution in [0.2, 0.25) is 36.0 Å². The van der Waals surface area contributed by atoms with E-state index in [2.05, 4.69) is 34.9 Å². The Morgan fingerprint density at radius 1 is 1.34 bits per heavy atom. The fourth-order valence-electron chi connectivity index (χ4n) is 3.12. The van der Waals surface area contributed by atoms with E-state index in [4.69, 9.17) is 33.0 Å². The topological polar surface area (TPSA) is 113 Å². The molecule has 1 aliphatic rings. The van der Waals surface area contributed by atoms with E-state index in [1.807, 2.05) is 0 Å². The Balaban J connectivity index is 1.80. The quantitative estimate of drug-likeness (QED) is 0.329. The first-order valence-electron chi connectivity index (χ1n) is 9.27. The zero-order valence-electron chi connectivity index (χ0n) is 16.5. The largest absolute Gasteiger partial charge is 0.465 e. The molecule has 2 atom stereocenters. The lowest BCUT2D eigenvalue weighted by atomic mass is 10.2. The standard InChI is InChI=1S/C17H25Cl2N5O4Si/c1-29(2,3)5-4-28-9-24-6-10(18)13-14(21-16(19)22-15(13)24)20-11-7-23(17(26)27)8-12(11)25/h6,11-12,25H,4-5,7-9H2,1-3H3,(H,26,27)(H,20,21,22)/t11-,12+/m0/s1. The Kier molecular flexibility index (Phi) is 6.59. The molecule has 2 aromatic rings. The van der Waals surface area contributed by atoms with Crippen molar-refractivity contribution in [3.05, 3.63) is 16.5 Å². The molecular weight excluding hydrogens is 437 g/mol. The maximum atomic E-state index is 11.2. The number of anilines is 1. The highest BCUT2D eigenvalue weighted by molar-refractivity contribution is 6.76. The number of likely N-dealkylation sites (tertiary alicyclic amines) is 1. The highest BCUT2D eigenvalue weighted by Crippen LogP contribution is 2.32. The number of β-amino-alcohol motifs (C(OH)–C–C–N with tert-alkyl or cyclic N) is 1. The molecule has 12 heteroatoms. The molecule has 160 valence electrons. The first-order valence-corrected chi connectivity index (χ1v) is 13.7. The molecule has 0 unspecified atom stereocenters. The van der Waals surface area contributed by atoms with Gasteiger partial charge in [0.05, 0.1) is 29.1 Å². The molecule has 0 aliphatic carbocycles. The minimum atomic E-state index is -1.19. The first kappa shape index (κ1) is 22.1. The molecule has 9 nitrogen and oxygen atoms in total. The van der Waals surface area contributed by atoms with Crippen molar-refractivity contribution in [1.82, 2.24) is 19.4 Å². The van der Waals surface area contributed by atoms with E-state index < -0.39 is 26.3 Å². The van der Waals surface area contributed by atoms with Crippen LogP contribution in [0, 0.1) is 0 Å². The summed E-state index contributed by atoms with van der Waals surface area (Å²) in [4.78, 5) is 20.8. The van der Waals surface area contributed by atoms with Crippen molar-refractivity contribution < 1.29 is 19.7 Å². The summed E-state index contributed by atoms with van der Waals surface area (Å²) in [5, 5.41) is 23.4. The summed E-state index contributed by atoms with van der Waals surface area (Å²) in [6, 6.07) is 0.509. The third-order valence-corrected chi connectivity index (χ3v) is 6.91. The van der Waals surface area contributed by atoms with Gasteiger partial charge < -0.3 is 29.7 Å². The van der Waals surface area contributed by atoms with Gasteiger partial charge in [-0.1, -0.05) is 31.2 Å². The smallest absolute Gasteiger partial charge is 0.407 e. The number of hydrogen-bond acceptors (Lipinski definition) is 6. The molecule has 1 amide bonds. The van der Waals surface area contributed by atoms with Crippen LogP contribution < -0.4 is 5.32 Å². The van der Waals surface area contributed by atoms with E-state index in [-0.39, 0.29) is 25.1 Å². The molecule has 3 heterocycles. The van der Waals surface area contributed by atoms with E-state index in [1.54, 1.807) is 10.8 Å². The number of amides is 1. The molecule has 0 aromatic carbocycles. The van der Waals surface area contributed by atoms with Gasteiger partial charge in [0, 0.05) is 27.4 Å². The van der Waals surface area contributed by atoms with Gasteiger partial charge in [-0.2, -0.15) is 9.97 Å². The number of ether oxygens (including phenoxy) is 1. The first-order chi connectivity index (χ1) is 13.5. The molecule has 0 bridgehead atoms. The molecule has 0 spiro atoms. The number of fused-ring (bicyclic) bond motifs is 1. The van der Waals surface area contributed by atoms with Crippen molar-refractivity contribution in [2.45, 2.75) is 44.6 Å². The van der Waals surface area contributed by atoms with Crippen LogP contribution in [0.1, 0.15) is 0 Å². The second-order valence-electron chi connectivity index (χ2n) is 8.34. The number of carboxylic acid groups (broad SMARTS) is 1. The highest BCUT2D eigenvalue weighted by atomic mass is 35.5. The number of carbonyl (C=O) groups is 1. The third-order valence-electron chi connectivity index (χ3n) is 4.75. The van der Waals surface area contributed by atoms with Crippen molar-refractivity contribution >= 4 is 54.2 Å². The summed E-state index contributed by atoms with van der Waals surface area (Å²) in [5.41, 5.74) is 0.507. The Morgan fingerprint density at radius 2 is 2.07 bits per heavy atom. The van der Waals surface area contributed by atoms with Gasteiger partial charge in [0.2, 0.25) is 5.28 Å². The minimum Gasteiger partial charge on any atom is -0.465 e. The maximum Gasteiger partial charge on any atom is 0.407 e. The van der Waals surface area contributed by atoms with Crippen LogP contribution in [0.5, 0.6) is 0 Å². The van der Waals surface area contributed by atoms with Gasteiger partial charge >= 0.3 is 6.09 Å². The van der Waals surface area contributed by atoms with Gasteiger partial charge in [0.1, 0.15) is 12.5 Å². The number of aromatic nitrogens is 3. The van der Waals surface area contributed by atoms with Crippen molar-refractivity contribution in [2.75, 3.05) is 25.0 Å². The van der Waals surface area contributed by atoms with Crippen molar-refractivity contribution in [2.24, 2.45) is 0 Å². The normalized spacial score (nSPS) is 19.9. The molecular formula is C17H25Cl2N5O4Si. The van der Waals surface area contributed by atoms with Crippen LogP contribution in [-0.4, -0.2) is 75.7 Å². The number of aliphatic hydroxyl groups is 1. The molecule has 0 radical (unpaired) electrons. The number of nitrogens with zero attached hydrogens (tertiary/aromatic N) is 4. The van der Waals surface area contributed by atoms with Crippen LogP contribution in [0.4, 0.5) is 10.6 Å². The van der Waals surface area contributed by atoms with Crippen molar-refractivity contribution in [3.63, 3.8) is 0 Å². The van der Waals surface area contributed by atoms with Crippen LogP contribution in [0.15, 0.2) is 6.20 Å². The summed E-state index contributed by atoms with van der Waals surface area (Å²) in [6.07, 6.45) is -0.259. The number of rotatable bonds is 7. The summed E-state index contributed by atoms with van der Waals surface area (Å²) in [7, 11) is -1.19. The SMILES string of the molecule is C[Si](C)(C)CCOCn1cc(Cl)c2c(N[C@H]3CN(C(=O)O)C[C@H]3O)nc(Cl)nc21. The van der Waals surface area contributed by atoms with Gasteiger partial charge in [0.25, 0.3) is 0 Å². The lowest BCUT2D eigenvalue weighted by Gasteiger charge is -2.17. The second-order valence-corrected chi connectivity index (χ2v) is 14.7. The summed E-state index contributed by atoms with van der Waals surface area (Å²) in [6.45, 7) is 7.92. The molecule has 3 rings (SSSR count). The Hall–Kier alpha value is -1.59. The molecule has 0 saturated carbocycles. The average molecular weight is 462 g/mol. The van der Waals surface area contributed by atoms with Gasteiger partial charge in [-0.25, -0.2) is 4.79 Å². The van der Waals surface area contributed by atoms with Gasteiger partial charge in [-0.3, -0.25) is 0 Å². The Labute approximate surface area is 179 Å². The minimum absolute atomic E-state index is 0.0145. The predicted molar refractivity (Wildman–Crippen MR) is 115 cm³/mol. The third kappa shape index (κ3) is 5.31. The number of halogens is 2. The van der Waals surface area contributed by atoms with Gasteiger partial charge in [0.15, 0.2) is 5.65 Å². The van der Waals surface area contributed by atoms with E-state index in [1.165, 1.54) is 0 Å². The van der Waals surface area contributed by atoms with Crippen LogP contribution in [-0.2, 0) is 11.5 Å². The van der Waals surface area contributed by atoms with Gasteiger partial charge in [-0.15, -0.1) is 0 Å². The Bertz CT molecular complexity index is 904. The highest BCUT2D eigenvalue weighted by Gasteiger charge is 2.35. The summed E-state index contributed by atoms with van der Waals surface area (Å²) < 4.78 is 7.55. The zero-order valence-corrected chi connectivity index (χ0v) is 19.0. The fourth-order valence-corrected chi connectivity index (χ4v) is 4.33. The average Bonchev–Trinajstić information content (AvgIpc) is 3.11. The van der Waals surface area contributed by atoms with Crippen LogP contribution in [0.3, 0.4) is 0 Å². The van der Waals surface area contributed by atoms with Crippen LogP contribution in [0.25, 0.3) is 11.0 Å². The van der Waals surface area contributed by atoms with Crippen molar-refractivity contribution in [1.29, 1.82) is 0 Å². The van der Waals surface area contributed by atoms with E-state index >= 15 is 0 Å². The number of aliphatic hydroxyl groups excluding tert-OH is 1. The van der Waals surface area contributed by atoms with E-state index in [9.17, 15) is 9.90 Å². The van der Waals surface area contributed by atoms with Gasteiger partial charge in [-0.05, 0) is 17.6 Å². The number of nitrogens with one attached hydrogen (secondary N) is 1. The molecule has 1 aliphatic heterocycles. The van der Waals surface area contributed by atoms with Crippen molar-refractivity contribution in [3.8, 4) is 0 Å². The zero-order chi connectivity index (χ0) is 21.3. The maximum absolute atomic E-state index is 11.2. The number of hydrogen-bond donors (Lipinski definition) is 3.